The van der Waals surface area contributed by atoms with Crippen LogP contribution in [0.1, 0.15) is 22.9 Å². The molecule has 0 aliphatic rings. The number of carbonyl (C=O) groups is 1. The van der Waals surface area contributed by atoms with Gasteiger partial charge in [-0.15, -0.1) is 11.3 Å². The quantitative estimate of drug-likeness (QED) is 0.379. The standard InChI is InChI=1S/C25H26N4O2S/c1-28(2)21(22-10-6-14-31-22)16-26-24(30)13-12-20-18-29(17-19-8-4-3-5-9-19)27-25(20)23-11-7-15-32-23/h3-15,18,21H,16-17H2,1-2H3,(H,26,30)/b13-12+. The van der Waals surface area contributed by atoms with Crippen LogP contribution in [0.15, 0.2) is 82.9 Å². The summed E-state index contributed by atoms with van der Waals surface area (Å²) in [4.78, 5) is 15.6. The first-order valence-corrected chi connectivity index (χ1v) is 11.3. The summed E-state index contributed by atoms with van der Waals surface area (Å²) in [5, 5.41) is 9.78. The van der Waals surface area contributed by atoms with Crippen molar-refractivity contribution in [2.24, 2.45) is 0 Å². The maximum Gasteiger partial charge on any atom is 0.244 e. The minimum absolute atomic E-state index is 0.0300. The Morgan fingerprint density at radius 1 is 1.19 bits per heavy atom. The van der Waals surface area contributed by atoms with Crippen molar-refractivity contribution in [1.29, 1.82) is 0 Å². The predicted octanol–water partition coefficient (Wildman–Crippen LogP) is 4.69. The zero-order valence-corrected chi connectivity index (χ0v) is 19.0. The zero-order valence-electron chi connectivity index (χ0n) is 18.1. The fourth-order valence-corrected chi connectivity index (χ4v) is 4.19. The van der Waals surface area contributed by atoms with Gasteiger partial charge in [0, 0.05) is 24.4 Å². The highest BCUT2D eigenvalue weighted by atomic mass is 32.1. The molecule has 0 aliphatic carbocycles. The monoisotopic (exact) mass is 446 g/mol. The molecule has 32 heavy (non-hydrogen) atoms. The number of nitrogens with zero attached hydrogens (tertiary/aromatic N) is 3. The van der Waals surface area contributed by atoms with E-state index in [1.165, 1.54) is 5.56 Å². The van der Waals surface area contributed by atoms with Gasteiger partial charge in [0.2, 0.25) is 5.91 Å². The van der Waals surface area contributed by atoms with Crippen LogP contribution in [0.5, 0.6) is 0 Å². The second-order valence-corrected chi connectivity index (χ2v) is 8.61. The lowest BCUT2D eigenvalue weighted by Crippen LogP contribution is -2.33. The van der Waals surface area contributed by atoms with Crippen molar-refractivity contribution >= 4 is 23.3 Å². The number of furan rings is 1. The molecule has 1 N–H and O–H groups in total. The van der Waals surface area contributed by atoms with E-state index in [2.05, 4.69) is 17.4 Å². The molecule has 0 aliphatic heterocycles. The molecule has 0 saturated heterocycles. The van der Waals surface area contributed by atoms with Gasteiger partial charge in [-0.2, -0.15) is 5.10 Å². The Balaban J connectivity index is 1.47. The van der Waals surface area contributed by atoms with E-state index < -0.39 is 0 Å². The molecule has 6 nitrogen and oxygen atoms in total. The van der Waals surface area contributed by atoms with E-state index in [1.807, 2.05) is 83.8 Å². The SMILES string of the molecule is CN(C)C(CNC(=O)/C=C/c1cn(Cc2ccccc2)nc1-c1cccs1)c1ccco1. The van der Waals surface area contributed by atoms with Crippen molar-refractivity contribution in [3.05, 3.63) is 95.4 Å². The van der Waals surface area contributed by atoms with Gasteiger partial charge in [0.15, 0.2) is 0 Å². The van der Waals surface area contributed by atoms with Crippen LogP contribution in [0, 0.1) is 0 Å². The third-order valence-electron chi connectivity index (χ3n) is 5.11. The molecule has 0 radical (unpaired) electrons. The number of rotatable bonds is 9. The topological polar surface area (TPSA) is 63.3 Å². The average Bonchev–Trinajstić information content (AvgIpc) is 3.55. The second-order valence-electron chi connectivity index (χ2n) is 7.67. The molecule has 0 fully saturated rings. The Kier molecular flexibility index (Phi) is 6.99. The lowest BCUT2D eigenvalue weighted by Gasteiger charge is -2.22. The lowest BCUT2D eigenvalue weighted by atomic mass is 10.2. The molecule has 0 spiro atoms. The van der Waals surface area contributed by atoms with Crippen molar-refractivity contribution in [3.8, 4) is 10.6 Å². The summed E-state index contributed by atoms with van der Waals surface area (Å²) in [6.45, 7) is 1.13. The molecule has 1 amide bonds. The molecule has 0 saturated carbocycles. The number of carbonyl (C=O) groups excluding carboxylic acids is 1. The fourth-order valence-electron chi connectivity index (χ4n) is 3.46. The number of hydrogen-bond acceptors (Lipinski definition) is 5. The number of likely N-dealkylation sites (N-methyl/N-ethyl adjacent to an activating group) is 1. The van der Waals surface area contributed by atoms with Crippen LogP contribution in [0.4, 0.5) is 0 Å². The maximum absolute atomic E-state index is 12.5. The molecule has 3 aromatic heterocycles. The maximum atomic E-state index is 12.5. The van der Waals surface area contributed by atoms with Gasteiger partial charge in [-0.05, 0) is 49.3 Å². The molecule has 1 atom stereocenters. The molecule has 1 unspecified atom stereocenters. The van der Waals surface area contributed by atoms with Gasteiger partial charge in [-0.25, -0.2) is 0 Å². The lowest BCUT2D eigenvalue weighted by molar-refractivity contribution is -0.116. The van der Waals surface area contributed by atoms with Gasteiger partial charge in [-0.3, -0.25) is 14.4 Å². The van der Waals surface area contributed by atoms with E-state index in [0.717, 1.165) is 21.9 Å². The van der Waals surface area contributed by atoms with Crippen molar-refractivity contribution in [2.75, 3.05) is 20.6 Å². The first kappa shape index (κ1) is 21.8. The smallest absolute Gasteiger partial charge is 0.244 e. The summed E-state index contributed by atoms with van der Waals surface area (Å²) in [7, 11) is 3.92. The summed E-state index contributed by atoms with van der Waals surface area (Å²) >= 11 is 1.63. The Morgan fingerprint density at radius 2 is 2.03 bits per heavy atom. The van der Waals surface area contributed by atoms with Crippen molar-refractivity contribution in [1.82, 2.24) is 20.0 Å². The highest BCUT2D eigenvalue weighted by Crippen LogP contribution is 2.28. The van der Waals surface area contributed by atoms with Crippen LogP contribution in [0.25, 0.3) is 16.6 Å². The van der Waals surface area contributed by atoms with Crippen LogP contribution >= 0.6 is 11.3 Å². The first-order valence-electron chi connectivity index (χ1n) is 10.4. The average molecular weight is 447 g/mol. The highest BCUT2D eigenvalue weighted by Gasteiger charge is 2.17. The van der Waals surface area contributed by atoms with Crippen LogP contribution in [0.3, 0.4) is 0 Å². The van der Waals surface area contributed by atoms with Crippen LogP contribution in [0.2, 0.25) is 0 Å². The summed E-state index contributed by atoms with van der Waals surface area (Å²) in [5.41, 5.74) is 2.96. The molecule has 4 aromatic rings. The number of aromatic nitrogens is 2. The number of benzene rings is 1. The van der Waals surface area contributed by atoms with Crippen LogP contribution in [-0.2, 0) is 11.3 Å². The zero-order chi connectivity index (χ0) is 22.3. The van der Waals surface area contributed by atoms with Gasteiger partial charge in [0.1, 0.15) is 11.5 Å². The summed E-state index contributed by atoms with van der Waals surface area (Å²) in [5.74, 6) is 0.665. The van der Waals surface area contributed by atoms with Gasteiger partial charge in [0.05, 0.1) is 23.7 Å². The third-order valence-corrected chi connectivity index (χ3v) is 5.99. The molecule has 0 bridgehead atoms. The Bertz CT molecular complexity index is 1150. The molecule has 7 heteroatoms. The van der Waals surface area contributed by atoms with Crippen molar-refractivity contribution < 1.29 is 9.21 Å². The molecule has 4 rings (SSSR count). The Morgan fingerprint density at radius 3 is 2.72 bits per heavy atom. The number of amides is 1. The summed E-state index contributed by atoms with van der Waals surface area (Å²) < 4.78 is 7.42. The van der Waals surface area contributed by atoms with E-state index in [0.29, 0.717) is 13.1 Å². The van der Waals surface area contributed by atoms with Crippen LogP contribution < -0.4 is 5.32 Å². The minimum Gasteiger partial charge on any atom is -0.468 e. The predicted molar refractivity (Wildman–Crippen MR) is 128 cm³/mol. The largest absolute Gasteiger partial charge is 0.468 e. The normalized spacial score (nSPS) is 12.5. The van der Waals surface area contributed by atoms with Gasteiger partial charge < -0.3 is 9.73 Å². The first-order chi connectivity index (χ1) is 15.6. The number of thiophene rings is 1. The molecule has 164 valence electrons. The highest BCUT2D eigenvalue weighted by molar-refractivity contribution is 7.13. The molecule has 1 aromatic carbocycles. The van der Waals surface area contributed by atoms with E-state index >= 15 is 0 Å². The van der Waals surface area contributed by atoms with Crippen LogP contribution in [-0.4, -0.2) is 41.2 Å². The van der Waals surface area contributed by atoms with Crippen molar-refractivity contribution in [2.45, 2.75) is 12.6 Å². The molecular weight excluding hydrogens is 420 g/mol. The van der Waals surface area contributed by atoms with Gasteiger partial charge >= 0.3 is 0 Å². The number of nitrogens with one attached hydrogen (secondary N) is 1. The number of hydrogen-bond donors (Lipinski definition) is 1. The Hall–Kier alpha value is -3.42. The second kappa shape index (κ2) is 10.3. The summed E-state index contributed by atoms with van der Waals surface area (Å²) in [6.07, 6.45) is 7.02. The third kappa shape index (κ3) is 5.43. The van der Waals surface area contributed by atoms with Gasteiger partial charge in [0.25, 0.3) is 0 Å². The van der Waals surface area contributed by atoms with Gasteiger partial charge in [-0.1, -0.05) is 36.4 Å². The molecular formula is C25H26N4O2S. The summed E-state index contributed by atoms with van der Waals surface area (Å²) in [6, 6.07) is 18.0. The minimum atomic E-state index is -0.156. The Labute approximate surface area is 191 Å². The fraction of sp³-hybridized carbons (Fsp3) is 0.200. The van der Waals surface area contributed by atoms with E-state index in [1.54, 1.807) is 23.7 Å². The van der Waals surface area contributed by atoms with E-state index in [-0.39, 0.29) is 11.9 Å². The van der Waals surface area contributed by atoms with E-state index in [9.17, 15) is 4.79 Å². The van der Waals surface area contributed by atoms with Crippen molar-refractivity contribution in [3.63, 3.8) is 0 Å². The van der Waals surface area contributed by atoms with E-state index in [4.69, 9.17) is 9.52 Å². The molecule has 3 heterocycles.